The third kappa shape index (κ3) is 1.89. The number of nitrogens with one attached hydrogen (secondary N) is 1. The van der Waals surface area contributed by atoms with Crippen LogP contribution in [0.2, 0.25) is 0 Å². The van der Waals surface area contributed by atoms with Crippen molar-refractivity contribution in [2.24, 2.45) is 0 Å². The van der Waals surface area contributed by atoms with Crippen LogP contribution in [-0.2, 0) is 0 Å². The molecule has 1 aliphatic heterocycles. The first-order valence-electron chi connectivity index (χ1n) is 5.22. The smallest absolute Gasteiger partial charge is 0.0992 e. The standard InChI is InChI=1S/C12H15N3/c1-9-5-6-15(2)12-4-3-10(8-13)7-11(12)14-9/h3-4,7,9,14H,5-6H2,1-2H3. The van der Waals surface area contributed by atoms with Gasteiger partial charge in [0.15, 0.2) is 0 Å². The molecule has 0 saturated heterocycles. The van der Waals surface area contributed by atoms with Gasteiger partial charge in [0.25, 0.3) is 0 Å². The molecule has 0 bridgehead atoms. The van der Waals surface area contributed by atoms with E-state index in [1.807, 2.05) is 18.2 Å². The van der Waals surface area contributed by atoms with Crippen molar-refractivity contribution >= 4 is 11.4 Å². The van der Waals surface area contributed by atoms with Crippen molar-refractivity contribution in [3.8, 4) is 6.07 Å². The van der Waals surface area contributed by atoms with Crippen LogP contribution in [0.25, 0.3) is 0 Å². The Morgan fingerprint density at radius 3 is 3.07 bits per heavy atom. The fourth-order valence-electron chi connectivity index (χ4n) is 1.90. The molecule has 1 atom stereocenters. The predicted molar refractivity (Wildman–Crippen MR) is 62.1 cm³/mol. The van der Waals surface area contributed by atoms with Crippen LogP contribution in [0, 0.1) is 11.3 Å². The number of benzene rings is 1. The molecule has 0 radical (unpaired) electrons. The number of fused-ring (bicyclic) bond motifs is 1. The molecular weight excluding hydrogens is 186 g/mol. The molecule has 0 fully saturated rings. The molecule has 1 unspecified atom stereocenters. The third-order valence-corrected chi connectivity index (χ3v) is 2.84. The summed E-state index contributed by atoms with van der Waals surface area (Å²) in [7, 11) is 2.09. The Kier molecular flexibility index (Phi) is 2.51. The Bertz CT molecular complexity index is 406. The van der Waals surface area contributed by atoms with Crippen molar-refractivity contribution in [3.63, 3.8) is 0 Å². The lowest BCUT2D eigenvalue weighted by Crippen LogP contribution is -2.19. The van der Waals surface area contributed by atoms with Crippen LogP contribution >= 0.6 is 0 Å². The molecular formula is C12H15N3. The Hall–Kier alpha value is -1.69. The molecule has 3 nitrogen and oxygen atoms in total. The summed E-state index contributed by atoms with van der Waals surface area (Å²) in [5.41, 5.74) is 2.96. The highest BCUT2D eigenvalue weighted by molar-refractivity contribution is 5.72. The lowest BCUT2D eigenvalue weighted by atomic mass is 10.1. The molecule has 78 valence electrons. The van der Waals surface area contributed by atoms with Gasteiger partial charge in [-0.2, -0.15) is 5.26 Å². The summed E-state index contributed by atoms with van der Waals surface area (Å²) in [6.07, 6.45) is 1.12. The van der Waals surface area contributed by atoms with Crippen molar-refractivity contribution in [1.29, 1.82) is 5.26 Å². The van der Waals surface area contributed by atoms with Crippen LogP contribution in [0.1, 0.15) is 18.9 Å². The molecule has 1 aliphatic rings. The van der Waals surface area contributed by atoms with Gasteiger partial charge in [0, 0.05) is 19.6 Å². The number of rotatable bonds is 0. The molecule has 0 saturated carbocycles. The maximum atomic E-state index is 8.85. The van der Waals surface area contributed by atoms with E-state index in [4.69, 9.17) is 5.26 Å². The van der Waals surface area contributed by atoms with Gasteiger partial charge in [-0.15, -0.1) is 0 Å². The van der Waals surface area contributed by atoms with E-state index in [0.717, 1.165) is 18.7 Å². The number of nitrogens with zero attached hydrogens (tertiary/aromatic N) is 2. The SMILES string of the molecule is CC1CCN(C)c2ccc(C#N)cc2N1. The average Bonchev–Trinajstić information content (AvgIpc) is 2.38. The topological polar surface area (TPSA) is 39.1 Å². The van der Waals surface area contributed by atoms with Crippen LogP contribution in [0.5, 0.6) is 0 Å². The van der Waals surface area contributed by atoms with E-state index in [9.17, 15) is 0 Å². The highest BCUT2D eigenvalue weighted by Crippen LogP contribution is 2.29. The van der Waals surface area contributed by atoms with Gasteiger partial charge in [0.1, 0.15) is 0 Å². The monoisotopic (exact) mass is 201 g/mol. The van der Waals surface area contributed by atoms with Gasteiger partial charge < -0.3 is 10.2 Å². The first kappa shape index (κ1) is 9.85. The van der Waals surface area contributed by atoms with Gasteiger partial charge in [-0.3, -0.25) is 0 Å². The Balaban J connectivity index is 2.44. The van der Waals surface area contributed by atoms with Crippen LogP contribution < -0.4 is 10.2 Å². The molecule has 1 N–H and O–H groups in total. The molecule has 0 spiro atoms. The van der Waals surface area contributed by atoms with E-state index >= 15 is 0 Å². The van der Waals surface area contributed by atoms with E-state index in [1.54, 1.807) is 0 Å². The summed E-state index contributed by atoms with van der Waals surface area (Å²) >= 11 is 0. The van der Waals surface area contributed by atoms with E-state index in [2.05, 4.69) is 30.3 Å². The fraction of sp³-hybridized carbons (Fsp3) is 0.417. The van der Waals surface area contributed by atoms with Crippen molar-refractivity contribution in [2.75, 3.05) is 23.8 Å². The van der Waals surface area contributed by atoms with Gasteiger partial charge in [0.05, 0.1) is 23.0 Å². The largest absolute Gasteiger partial charge is 0.381 e. The highest BCUT2D eigenvalue weighted by Gasteiger charge is 2.15. The predicted octanol–water partition coefficient (Wildman–Crippen LogP) is 2.20. The maximum Gasteiger partial charge on any atom is 0.0992 e. The Labute approximate surface area is 90.3 Å². The fourth-order valence-corrected chi connectivity index (χ4v) is 1.90. The van der Waals surface area contributed by atoms with Crippen molar-refractivity contribution < 1.29 is 0 Å². The zero-order valence-electron chi connectivity index (χ0n) is 9.12. The molecule has 1 aromatic rings. The third-order valence-electron chi connectivity index (χ3n) is 2.84. The lowest BCUT2D eigenvalue weighted by Gasteiger charge is -2.18. The van der Waals surface area contributed by atoms with E-state index in [0.29, 0.717) is 11.6 Å². The summed E-state index contributed by atoms with van der Waals surface area (Å²) in [5.74, 6) is 0. The van der Waals surface area contributed by atoms with Gasteiger partial charge in [-0.25, -0.2) is 0 Å². The molecule has 0 amide bonds. The van der Waals surface area contributed by atoms with E-state index in [1.165, 1.54) is 5.69 Å². The number of anilines is 2. The van der Waals surface area contributed by atoms with Gasteiger partial charge in [-0.05, 0) is 31.5 Å². The molecule has 15 heavy (non-hydrogen) atoms. The van der Waals surface area contributed by atoms with E-state index < -0.39 is 0 Å². The second kappa shape index (κ2) is 3.82. The van der Waals surface area contributed by atoms with Crippen LogP contribution in [-0.4, -0.2) is 19.6 Å². The second-order valence-electron chi connectivity index (χ2n) is 4.10. The number of hydrogen-bond acceptors (Lipinski definition) is 3. The number of hydrogen-bond donors (Lipinski definition) is 1. The summed E-state index contributed by atoms with van der Waals surface area (Å²) < 4.78 is 0. The first-order chi connectivity index (χ1) is 7.20. The zero-order chi connectivity index (χ0) is 10.8. The summed E-state index contributed by atoms with van der Waals surface area (Å²) in [4.78, 5) is 2.23. The molecule has 0 aliphatic carbocycles. The molecule has 1 heterocycles. The van der Waals surface area contributed by atoms with Crippen molar-refractivity contribution in [1.82, 2.24) is 0 Å². The average molecular weight is 201 g/mol. The maximum absolute atomic E-state index is 8.85. The van der Waals surface area contributed by atoms with Crippen molar-refractivity contribution in [3.05, 3.63) is 23.8 Å². The summed E-state index contributed by atoms with van der Waals surface area (Å²) in [5, 5.41) is 12.3. The van der Waals surface area contributed by atoms with Gasteiger partial charge in [0.2, 0.25) is 0 Å². The minimum absolute atomic E-state index is 0.461. The second-order valence-corrected chi connectivity index (χ2v) is 4.10. The molecule has 0 aromatic heterocycles. The van der Waals surface area contributed by atoms with Crippen LogP contribution in [0.3, 0.4) is 0 Å². The quantitative estimate of drug-likeness (QED) is 0.699. The van der Waals surface area contributed by atoms with Gasteiger partial charge in [-0.1, -0.05) is 0 Å². The molecule has 1 aromatic carbocycles. The number of nitriles is 1. The first-order valence-corrected chi connectivity index (χ1v) is 5.22. The molecule has 2 rings (SSSR count). The van der Waals surface area contributed by atoms with Crippen LogP contribution in [0.15, 0.2) is 18.2 Å². The van der Waals surface area contributed by atoms with Gasteiger partial charge >= 0.3 is 0 Å². The van der Waals surface area contributed by atoms with Crippen LogP contribution in [0.4, 0.5) is 11.4 Å². The molecule has 3 heteroatoms. The normalized spacial score (nSPS) is 19.8. The van der Waals surface area contributed by atoms with Crippen molar-refractivity contribution in [2.45, 2.75) is 19.4 Å². The Morgan fingerprint density at radius 1 is 1.53 bits per heavy atom. The lowest BCUT2D eigenvalue weighted by molar-refractivity contribution is 0.711. The highest BCUT2D eigenvalue weighted by atomic mass is 15.1. The van der Waals surface area contributed by atoms with E-state index in [-0.39, 0.29) is 0 Å². The zero-order valence-corrected chi connectivity index (χ0v) is 9.12. The minimum Gasteiger partial charge on any atom is -0.381 e. The minimum atomic E-state index is 0.461. The summed E-state index contributed by atoms with van der Waals surface area (Å²) in [6.45, 7) is 3.22. The summed E-state index contributed by atoms with van der Waals surface area (Å²) in [6, 6.07) is 8.43. The Morgan fingerprint density at radius 2 is 2.33 bits per heavy atom.